The first-order valence-corrected chi connectivity index (χ1v) is 11.0. The molecule has 0 saturated carbocycles. The molecule has 11 heteroatoms. The molecule has 0 N–H and O–H groups in total. The number of benzene rings is 1. The molecule has 1 amide bonds. The summed E-state index contributed by atoms with van der Waals surface area (Å²) in [5, 5.41) is 3.53. The van der Waals surface area contributed by atoms with E-state index in [9.17, 15) is 22.4 Å². The highest BCUT2D eigenvalue weighted by Gasteiger charge is 2.45. The Kier molecular flexibility index (Phi) is 5.23. The summed E-state index contributed by atoms with van der Waals surface area (Å²) in [4.78, 5) is 21.0. The minimum Gasteiger partial charge on any atom is -0.356 e. The van der Waals surface area contributed by atoms with Crippen molar-refractivity contribution in [2.45, 2.75) is 43.8 Å². The highest BCUT2D eigenvalue weighted by Crippen LogP contribution is 2.42. The van der Waals surface area contributed by atoms with Crippen molar-refractivity contribution in [2.75, 3.05) is 22.9 Å². The van der Waals surface area contributed by atoms with Gasteiger partial charge in [-0.3, -0.25) is 4.79 Å². The lowest BCUT2D eigenvalue weighted by Crippen LogP contribution is -2.60. The quantitative estimate of drug-likeness (QED) is 0.478. The van der Waals surface area contributed by atoms with Gasteiger partial charge in [0, 0.05) is 37.5 Å². The zero-order valence-corrected chi connectivity index (χ0v) is 18.2. The number of piperidine rings is 2. The second kappa shape index (κ2) is 7.86. The third-order valence-electron chi connectivity index (χ3n) is 6.54. The van der Waals surface area contributed by atoms with E-state index in [1.54, 1.807) is 17.0 Å². The lowest BCUT2D eigenvalue weighted by atomic mass is 9.78. The zero-order valence-electron chi connectivity index (χ0n) is 17.4. The number of aromatic nitrogens is 3. The Balaban J connectivity index is 1.39. The van der Waals surface area contributed by atoms with E-state index in [-0.39, 0.29) is 16.6 Å². The van der Waals surface area contributed by atoms with Gasteiger partial charge in [-0.25, -0.2) is 13.9 Å². The van der Waals surface area contributed by atoms with Gasteiger partial charge in [0.1, 0.15) is 11.6 Å². The molecule has 1 spiro atoms. The molecule has 1 aromatic carbocycles. The van der Waals surface area contributed by atoms with Crippen molar-refractivity contribution in [3.63, 3.8) is 0 Å². The summed E-state index contributed by atoms with van der Waals surface area (Å²) in [5.74, 6) is -0.0660. The topological polar surface area (TPSA) is 53.7 Å². The van der Waals surface area contributed by atoms with E-state index in [1.807, 2.05) is 4.90 Å². The standard InChI is InChI=1S/C22H20ClF4N5O/c23-15-4-3-14(12-16(15)24)32-20(33)2-1-6-21(32)7-10-30(11-8-21)18-5-9-31-19(28-18)13-17(29-31)22(25,26)27/h3-5,9,12-13H,1-2,6-8,10-11H2. The Morgan fingerprint density at radius 3 is 2.52 bits per heavy atom. The second-order valence-electron chi connectivity index (χ2n) is 8.51. The summed E-state index contributed by atoms with van der Waals surface area (Å²) < 4.78 is 54.1. The molecule has 0 aliphatic carbocycles. The molecule has 5 rings (SSSR count). The van der Waals surface area contributed by atoms with Crippen molar-refractivity contribution in [1.29, 1.82) is 0 Å². The number of carbonyl (C=O) groups excluding carboxylic acids is 1. The van der Waals surface area contributed by atoms with E-state index in [0.717, 1.165) is 23.4 Å². The van der Waals surface area contributed by atoms with Crippen LogP contribution >= 0.6 is 11.6 Å². The third kappa shape index (κ3) is 3.90. The van der Waals surface area contributed by atoms with Crippen LogP contribution in [0.1, 0.15) is 37.8 Å². The molecule has 174 valence electrons. The van der Waals surface area contributed by atoms with Crippen LogP contribution < -0.4 is 9.80 Å². The fraction of sp³-hybridized carbons (Fsp3) is 0.409. The normalized spacial score (nSPS) is 19.0. The maximum atomic E-state index is 14.1. The van der Waals surface area contributed by atoms with E-state index in [1.165, 1.54) is 18.3 Å². The molecule has 2 aliphatic rings. The number of rotatable bonds is 2. The van der Waals surface area contributed by atoms with Gasteiger partial charge in [-0.15, -0.1) is 0 Å². The predicted molar refractivity (Wildman–Crippen MR) is 115 cm³/mol. The van der Waals surface area contributed by atoms with E-state index in [0.29, 0.717) is 43.9 Å². The number of alkyl halides is 3. The molecule has 6 nitrogen and oxygen atoms in total. The van der Waals surface area contributed by atoms with Gasteiger partial charge >= 0.3 is 6.18 Å². The average Bonchev–Trinajstić information content (AvgIpc) is 3.21. The van der Waals surface area contributed by atoms with Crippen LogP contribution in [0.4, 0.5) is 29.1 Å². The molecular weight excluding hydrogens is 462 g/mol. The largest absolute Gasteiger partial charge is 0.435 e. The molecule has 2 aromatic heterocycles. The number of hydrogen-bond acceptors (Lipinski definition) is 4. The van der Waals surface area contributed by atoms with Crippen LogP contribution in [0.3, 0.4) is 0 Å². The smallest absolute Gasteiger partial charge is 0.356 e. The maximum Gasteiger partial charge on any atom is 0.435 e. The van der Waals surface area contributed by atoms with Crippen LogP contribution in [0.5, 0.6) is 0 Å². The summed E-state index contributed by atoms with van der Waals surface area (Å²) in [7, 11) is 0. The molecule has 0 radical (unpaired) electrons. The fourth-order valence-electron chi connectivity index (χ4n) is 4.91. The number of fused-ring (bicyclic) bond motifs is 1. The van der Waals surface area contributed by atoms with Gasteiger partial charge in [-0.1, -0.05) is 11.6 Å². The van der Waals surface area contributed by atoms with Crippen molar-refractivity contribution in [1.82, 2.24) is 14.6 Å². The minimum atomic E-state index is -4.54. The van der Waals surface area contributed by atoms with Crippen molar-refractivity contribution in [2.24, 2.45) is 0 Å². The summed E-state index contributed by atoms with van der Waals surface area (Å²) in [6, 6.07) is 6.97. The third-order valence-corrected chi connectivity index (χ3v) is 6.84. The van der Waals surface area contributed by atoms with Gasteiger partial charge in [0.05, 0.1) is 10.6 Å². The van der Waals surface area contributed by atoms with Crippen LogP contribution in [0, 0.1) is 5.82 Å². The Morgan fingerprint density at radius 1 is 1.06 bits per heavy atom. The second-order valence-corrected chi connectivity index (χ2v) is 8.92. The number of anilines is 2. The van der Waals surface area contributed by atoms with Gasteiger partial charge in [-0.2, -0.15) is 18.3 Å². The molecule has 2 aliphatic heterocycles. The summed E-state index contributed by atoms with van der Waals surface area (Å²) in [5.41, 5.74) is -0.827. The zero-order chi connectivity index (χ0) is 23.4. The Labute approximate surface area is 191 Å². The molecule has 2 fully saturated rings. The Bertz CT molecular complexity index is 1220. The van der Waals surface area contributed by atoms with Gasteiger partial charge in [0.25, 0.3) is 0 Å². The fourth-order valence-corrected chi connectivity index (χ4v) is 5.03. The maximum absolute atomic E-state index is 14.1. The van der Waals surface area contributed by atoms with Crippen LogP contribution in [-0.4, -0.2) is 39.1 Å². The van der Waals surface area contributed by atoms with Crippen molar-refractivity contribution < 1.29 is 22.4 Å². The SMILES string of the molecule is O=C1CCCC2(CCN(c3ccn4nc(C(F)(F)F)cc4n3)CC2)N1c1ccc(Cl)c(F)c1. The minimum absolute atomic E-state index is 0.00194. The molecule has 0 bridgehead atoms. The van der Waals surface area contributed by atoms with Crippen LogP contribution in [0.15, 0.2) is 36.5 Å². The molecule has 0 atom stereocenters. The molecule has 3 aromatic rings. The monoisotopic (exact) mass is 481 g/mol. The summed E-state index contributed by atoms with van der Waals surface area (Å²) in [6.45, 7) is 1.12. The molecule has 33 heavy (non-hydrogen) atoms. The summed E-state index contributed by atoms with van der Waals surface area (Å²) in [6.07, 6.45) is 0.128. The van der Waals surface area contributed by atoms with Crippen LogP contribution in [-0.2, 0) is 11.0 Å². The number of hydrogen-bond donors (Lipinski definition) is 0. The lowest BCUT2D eigenvalue weighted by molar-refractivity contribution is -0.141. The molecule has 2 saturated heterocycles. The van der Waals surface area contributed by atoms with Gasteiger partial charge in [0.2, 0.25) is 5.91 Å². The van der Waals surface area contributed by atoms with Gasteiger partial charge < -0.3 is 9.80 Å². The van der Waals surface area contributed by atoms with E-state index < -0.39 is 23.2 Å². The highest BCUT2D eigenvalue weighted by atomic mass is 35.5. The van der Waals surface area contributed by atoms with Crippen molar-refractivity contribution >= 4 is 34.7 Å². The predicted octanol–water partition coefficient (Wildman–Crippen LogP) is 5.10. The van der Waals surface area contributed by atoms with Crippen molar-refractivity contribution in [3.8, 4) is 0 Å². The van der Waals surface area contributed by atoms with Crippen molar-refractivity contribution in [3.05, 3.63) is 53.1 Å². The first kappa shape index (κ1) is 21.9. The number of amides is 1. The molecule has 4 heterocycles. The molecule has 0 unspecified atom stereocenters. The Hall–Kier alpha value is -2.88. The average molecular weight is 482 g/mol. The highest BCUT2D eigenvalue weighted by molar-refractivity contribution is 6.30. The summed E-state index contributed by atoms with van der Waals surface area (Å²) >= 11 is 5.83. The van der Waals surface area contributed by atoms with E-state index in [2.05, 4.69) is 10.1 Å². The van der Waals surface area contributed by atoms with Gasteiger partial charge in [0.15, 0.2) is 11.3 Å². The van der Waals surface area contributed by atoms with Crippen LogP contribution in [0.25, 0.3) is 5.65 Å². The number of carbonyl (C=O) groups is 1. The van der Waals surface area contributed by atoms with Gasteiger partial charge in [-0.05, 0) is 49.9 Å². The van der Waals surface area contributed by atoms with E-state index >= 15 is 0 Å². The van der Waals surface area contributed by atoms with Crippen LogP contribution in [0.2, 0.25) is 5.02 Å². The van der Waals surface area contributed by atoms with E-state index in [4.69, 9.17) is 11.6 Å². The first-order valence-electron chi connectivity index (χ1n) is 10.6. The number of halogens is 5. The number of nitrogens with zero attached hydrogens (tertiary/aromatic N) is 5. The Morgan fingerprint density at radius 2 is 1.82 bits per heavy atom. The lowest BCUT2D eigenvalue weighted by Gasteiger charge is -2.51. The molecular formula is C22H20ClF4N5O. The first-order chi connectivity index (χ1) is 15.7.